The van der Waals surface area contributed by atoms with Crippen LogP contribution in [0.2, 0.25) is 0 Å². The minimum atomic E-state index is -0.910. The Morgan fingerprint density at radius 1 is 1.90 bits per heavy atom. The maximum atomic E-state index is 10.1. The minimum absolute atomic E-state index is 0.107. The van der Waals surface area contributed by atoms with Crippen molar-refractivity contribution in [3.05, 3.63) is 0 Å². The number of aliphatic carboxylic acids is 1. The van der Waals surface area contributed by atoms with Crippen LogP contribution in [0.4, 0.5) is 0 Å². The monoisotopic (exact) mass is 144 g/mol. The summed E-state index contributed by atoms with van der Waals surface area (Å²) >= 11 is 0. The third-order valence-electron chi connectivity index (χ3n) is 1.01. The summed E-state index contributed by atoms with van der Waals surface area (Å²) in [6, 6.07) is 0. The average Bonchev–Trinajstić information content (AvgIpc) is 2.13. The number of carboxylic acids is 1. The van der Waals surface area contributed by atoms with Gasteiger partial charge in [-0.05, 0) is 0 Å². The predicted octanol–water partition coefficient (Wildman–Crippen LogP) is -1.54. The zero-order chi connectivity index (χ0) is 7.56. The van der Waals surface area contributed by atoms with Gasteiger partial charge < -0.3 is 5.11 Å². The molecule has 10 heavy (non-hydrogen) atoms. The molecule has 0 aromatic carbocycles. The van der Waals surface area contributed by atoms with E-state index in [1.807, 2.05) is 0 Å². The molecular weight excluding hydrogens is 136 g/mol. The summed E-state index contributed by atoms with van der Waals surface area (Å²) in [7, 11) is 0. The molecule has 0 aromatic heterocycles. The van der Waals surface area contributed by atoms with Gasteiger partial charge in [0.15, 0.2) is 0 Å². The Bertz CT molecular complexity index is 169. The van der Waals surface area contributed by atoms with Crippen molar-refractivity contribution in [3.8, 4) is 0 Å². The number of hydrazine groups is 1. The molecule has 1 aliphatic heterocycles. The van der Waals surface area contributed by atoms with Gasteiger partial charge in [0.25, 0.3) is 0 Å². The van der Waals surface area contributed by atoms with Crippen LogP contribution in [-0.2, 0) is 4.79 Å². The predicted molar refractivity (Wildman–Crippen MR) is 33.7 cm³/mol. The van der Waals surface area contributed by atoms with Gasteiger partial charge in [-0.1, -0.05) is 0 Å². The highest BCUT2D eigenvalue weighted by Gasteiger charge is 2.12. The topological polar surface area (TPSA) is 82.2 Å². The number of hydrogen-bond donors (Lipinski definition) is 2. The summed E-state index contributed by atoms with van der Waals surface area (Å²) in [5, 5.41) is 14.6. The molecule has 3 N–H and O–H groups in total. The van der Waals surface area contributed by atoms with E-state index < -0.39 is 5.97 Å². The lowest BCUT2D eigenvalue weighted by atomic mass is 10.6. The summed E-state index contributed by atoms with van der Waals surface area (Å²) in [6.07, 6.45) is 1.38. The highest BCUT2D eigenvalue weighted by Crippen LogP contribution is 1.95. The summed E-state index contributed by atoms with van der Waals surface area (Å²) in [5.74, 6) is 4.34. The number of carbonyl (C=O) groups is 1. The van der Waals surface area contributed by atoms with Gasteiger partial charge in [-0.3, -0.25) is 14.8 Å². The van der Waals surface area contributed by atoms with E-state index in [9.17, 15) is 4.79 Å². The molecule has 1 heterocycles. The van der Waals surface area contributed by atoms with Crippen LogP contribution in [0.1, 0.15) is 0 Å². The van der Waals surface area contributed by atoms with Gasteiger partial charge in [0.05, 0.1) is 0 Å². The second kappa shape index (κ2) is 2.53. The summed E-state index contributed by atoms with van der Waals surface area (Å²) in [4.78, 5) is 10.1. The van der Waals surface area contributed by atoms with Crippen LogP contribution in [0.25, 0.3) is 0 Å². The second-order valence-electron chi connectivity index (χ2n) is 1.94. The molecule has 0 unspecified atom stereocenters. The van der Waals surface area contributed by atoms with Crippen molar-refractivity contribution in [2.45, 2.75) is 0 Å². The normalized spacial score (nSPS) is 16.5. The van der Waals surface area contributed by atoms with Crippen LogP contribution in [0.3, 0.4) is 0 Å². The van der Waals surface area contributed by atoms with E-state index in [1.165, 1.54) is 16.4 Å². The fourth-order valence-corrected chi connectivity index (χ4v) is 0.648. The van der Waals surface area contributed by atoms with Crippen LogP contribution in [0, 0.1) is 0 Å². The maximum Gasteiger partial charge on any atom is 0.324 e. The standard InChI is InChI=1S/C4H8N4O2/c5-7-2-6-8(3-7)1-4(9)10/h2H,1,3,5H2,(H,9,10). The van der Waals surface area contributed by atoms with Gasteiger partial charge >= 0.3 is 5.97 Å². The van der Waals surface area contributed by atoms with Crippen LogP contribution in [0.5, 0.6) is 0 Å². The molecule has 1 aliphatic rings. The lowest BCUT2D eigenvalue weighted by Gasteiger charge is -2.11. The van der Waals surface area contributed by atoms with Gasteiger partial charge in [-0.15, -0.1) is 0 Å². The van der Waals surface area contributed by atoms with E-state index in [1.54, 1.807) is 0 Å². The maximum absolute atomic E-state index is 10.1. The highest BCUT2D eigenvalue weighted by molar-refractivity contribution is 5.69. The number of rotatable bonds is 2. The van der Waals surface area contributed by atoms with Crippen LogP contribution < -0.4 is 5.84 Å². The van der Waals surface area contributed by atoms with Crippen LogP contribution in [0.15, 0.2) is 5.10 Å². The molecule has 1 rings (SSSR count). The van der Waals surface area contributed by atoms with Gasteiger partial charge in [-0.25, -0.2) is 5.84 Å². The number of carboxylic acid groups (broad SMARTS) is 1. The quantitative estimate of drug-likeness (QED) is 0.459. The molecule has 0 aromatic rings. The first kappa shape index (κ1) is 6.81. The first-order chi connectivity index (χ1) is 4.68. The molecule has 0 fully saturated rings. The summed E-state index contributed by atoms with van der Waals surface area (Å²) in [6.45, 7) is 0.233. The first-order valence-corrected chi connectivity index (χ1v) is 2.70. The minimum Gasteiger partial charge on any atom is -0.480 e. The Hall–Kier alpha value is -1.30. The zero-order valence-electron chi connectivity index (χ0n) is 5.27. The van der Waals surface area contributed by atoms with Crippen molar-refractivity contribution in [1.82, 2.24) is 10.0 Å². The van der Waals surface area contributed by atoms with E-state index in [0.717, 1.165) is 0 Å². The van der Waals surface area contributed by atoms with Crippen molar-refractivity contribution >= 4 is 12.3 Å². The van der Waals surface area contributed by atoms with E-state index in [2.05, 4.69) is 5.10 Å². The van der Waals surface area contributed by atoms with Gasteiger partial charge in [0, 0.05) is 0 Å². The molecule has 0 saturated carbocycles. The summed E-state index contributed by atoms with van der Waals surface area (Å²) < 4.78 is 0. The van der Waals surface area contributed by atoms with Crippen molar-refractivity contribution in [1.29, 1.82) is 0 Å². The molecule has 0 atom stereocenters. The Labute approximate surface area is 57.5 Å². The molecule has 56 valence electrons. The van der Waals surface area contributed by atoms with E-state index in [0.29, 0.717) is 6.67 Å². The number of hydrogen-bond acceptors (Lipinski definition) is 5. The molecule has 0 bridgehead atoms. The second-order valence-corrected chi connectivity index (χ2v) is 1.94. The lowest BCUT2D eigenvalue weighted by Crippen LogP contribution is -2.34. The summed E-state index contributed by atoms with van der Waals surface area (Å²) in [5.41, 5.74) is 0. The highest BCUT2D eigenvalue weighted by atomic mass is 16.4. The fraction of sp³-hybridized carbons (Fsp3) is 0.500. The smallest absolute Gasteiger partial charge is 0.324 e. The van der Waals surface area contributed by atoms with Gasteiger partial charge in [0.1, 0.15) is 19.6 Å². The zero-order valence-corrected chi connectivity index (χ0v) is 5.27. The van der Waals surface area contributed by atoms with Gasteiger partial charge in [0.2, 0.25) is 0 Å². The molecule has 0 spiro atoms. The van der Waals surface area contributed by atoms with Crippen LogP contribution >= 0.6 is 0 Å². The third-order valence-corrected chi connectivity index (χ3v) is 1.01. The van der Waals surface area contributed by atoms with Gasteiger partial charge in [-0.2, -0.15) is 5.10 Å². The Morgan fingerprint density at radius 2 is 2.60 bits per heavy atom. The SMILES string of the molecule is NN1C=NN(CC(=O)O)C1. The van der Waals surface area contributed by atoms with Crippen molar-refractivity contribution in [2.75, 3.05) is 13.2 Å². The van der Waals surface area contributed by atoms with E-state index in [4.69, 9.17) is 10.9 Å². The van der Waals surface area contributed by atoms with Crippen molar-refractivity contribution in [3.63, 3.8) is 0 Å². The lowest BCUT2D eigenvalue weighted by molar-refractivity contribution is -0.138. The molecular formula is C4H8N4O2. The third kappa shape index (κ3) is 1.59. The van der Waals surface area contributed by atoms with Crippen molar-refractivity contribution in [2.24, 2.45) is 10.9 Å². The fourth-order valence-electron chi connectivity index (χ4n) is 0.648. The average molecular weight is 144 g/mol. The largest absolute Gasteiger partial charge is 0.480 e. The number of nitrogens with two attached hydrogens (primary N) is 1. The molecule has 6 heteroatoms. The molecule has 6 nitrogen and oxygen atoms in total. The first-order valence-electron chi connectivity index (χ1n) is 2.70. The van der Waals surface area contributed by atoms with Crippen molar-refractivity contribution < 1.29 is 9.90 Å². The molecule has 0 aliphatic carbocycles. The van der Waals surface area contributed by atoms with E-state index >= 15 is 0 Å². The Morgan fingerprint density at radius 3 is 3.00 bits per heavy atom. The van der Waals surface area contributed by atoms with E-state index in [-0.39, 0.29) is 6.54 Å². The Balaban J connectivity index is 2.33. The molecule has 0 radical (unpaired) electrons. The van der Waals surface area contributed by atoms with Crippen LogP contribution in [-0.4, -0.2) is 40.6 Å². The Kier molecular flexibility index (Phi) is 1.72. The number of hydrazone groups is 1. The molecule has 0 amide bonds. The number of nitrogens with zero attached hydrogens (tertiary/aromatic N) is 3. The molecule has 0 saturated heterocycles.